The van der Waals surface area contributed by atoms with Crippen LogP contribution in [0.1, 0.15) is 61.1 Å². The molecule has 1 saturated heterocycles. The molecule has 0 radical (unpaired) electrons. The standard InChI is InChI=1S/C32H36N6O2S/c1-20-17-24(21(2)37(20)19-22-12-15-33-16-13-22)29-28(26-9-7-8-14-34-26)36-31(41)38(29)23-10-11-25(27(18-23)40-6)35-30(39)32(3,4)5/h7-18,28-29H,19H2,1-6H3,(H,35,39)(H,36,41)/t28-,29+/m1/s1. The number of nitrogens with one attached hydrogen (secondary N) is 2. The number of amides is 1. The highest BCUT2D eigenvalue weighted by atomic mass is 32.1. The molecule has 1 aromatic carbocycles. The number of pyridine rings is 2. The number of nitrogens with zero attached hydrogens (tertiary/aromatic N) is 4. The van der Waals surface area contributed by atoms with Crippen molar-refractivity contribution in [2.45, 2.75) is 53.2 Å². The van der Waals surface area contributed by atoms with Crippen LogP contribution in [0, 0.1) is 19.3 Å². The average Bonchev–Trinajstić information content (AvgIpc) is 3.44. The van der Waals surface area contributed by atoms with Gasteiger partial charge in [-0.15, -0.1) is 0 Å². The van der Waals surface area contributed by atoms with Gasteiger partial charge >= 0.3 is 0 Å². The Morgan fingerprint density at radius 1 is 1.07 bits per heavy atom. The van der Waals surface area contributed by atoms with E-state index in [2.05, 4.69) is 45.0 Å². The Labute approximate surface area is 246 Å². The van der Waals surface area contributed by atoms with E-state index in [1.807, 2.05) is 87.9 Å². The number of anilines is 2. The van der Waals surface area contributed by atoms with Gasteiger partial charge in [-0.25, -0.2) is 0 Å². The maximum atomic E-state index is 12.7. The molecule has 8 nitrogen and oxygen atoms in total. The molecule has 2 atom stereocenters. The normalized spacial score (nSPS) is 16.9. The first kappa shape index (κ1) is 28.3. The summed E-state index contributed by atoms with van der Waals surface area (Å²) in [6.45, 7) is 10.7. The number of methoxy groups -OCH3 is 1. The molecular formula is C32H36N6O2S. The number of hydrogen-bond acceptors (Lipinski definition) is 5. The summed E-state index contributed by atoms with van der Waals surface area (Å²) in [4.78, 5) is 23.7. The van der Waals surface area contributed by atoms with E-state index in [4.69, 9.17) is 21.9 Å². The van der Waals surface area contributed by atoms with Gasteiger partial charge in [0.15, 0.2) is 5.11 Å². The number of aryl methyl sites for hydroxylation is 1. The summed E-state index contributed by atoms with van der Waals surface area (Å²) < 4.78 is 8.06. The van der Waals surface area contributed by atoms with E-state index in [9.17, 15) is 4.79 Å². The van der Waals surface area contributed by atoms with E-state index in [1.54, 1.807) is 7.11 Å². The predicted octanol–water partition coefficient (Wildman–Crippen LogP) is 6.11. The number of hydrogen-bond donors (Lipinski definition) is 2. The SMILES string of the molecule is COc1cc(N2C(=S)N[C@H](c3ccccn3)[C@@H]2c2cc(C)n(Cc3ccncc3)c2C)ccc1NC(=O)C(C)(C)C. The molecular weight excluding hydrogens is 532 g/mol. The third-order valence-corrected chi connectivity index (χ3v) is 7.83. The first-order chi connectivity index (χ1) is 19.6. The van der Waals surface area contributed by atoms with Crippen molar-refractivity contribution in [3.8, 4) is 5.75 Å². The highest BCUT2D eigenvalue weighted by molar-refractivity contribution is 7.80. The lowest BCUT2D eigenvalue weighted by Crippen LogP contribution is -2.30. The van der Waals surface area contributed by atoms with Crippen molar-refractivity contribution in [2.24, 2.45) is 5.41 Å². The minimum atomic E-state index is -0.538. The van der Waals surface area contributed by atoms with Crippen molar-refractivity contribution in [3.63, 3.8) is 0 Å². The van der Waals surface area contributed by atoms with Crippen molar-refractivity contribution >= 4 is 34.6 Å². The van der Waals surface area contributed by atoms with Crippen LogP contribution in [0.3, 0.4) is 0 Å². The van der Waals surface area contributed by atoms with Crippen LogP contribution in [0.15, 0.2) is 73.2 Å². The summed E-state index contributed by atoms with van der Waals surface area (Å²) >= 11 is 5.96. The molecule has 1 aliphatic heterocycles. The summed E-state index contributed by atoms with van der Waals surface area (Å²) in [5, 5.41) is 7.14. The average molecular weight is 569 g/mol. The van der Waals surface area contributed by atoms with Crippen molar-refractivity contribution in [3.05, 3.63) is 101 Å². The Morgan fingerprint density at radius 2 is 1.83 bits per heavy atom. The number of benzene rings is 1. The predicted molar refractivity (Wildman–Crippen MR) is 166 cm³/mol. The maximum absolute atomic E-state index is 12.7. The lowest BCUT2D eigenvalue weighted by molar-refractivity contribution is -0.123. The van der Waals surface area contributed by atoms with Crippen LogP contribution in [0.4, 0.5) is 11.4 Å². The van der Waals surface area contributed by atoms with Crippen LogP contribution in [0.5, 0.6) is 5.75 Å². The number of thiocarbonyl (C=S) groups is 1. The van der Waals surface area contributed by atoms with Gasteiger partial charge in [0, 0.05) is 53.7 Å². The Bertz CT molecular complexity index is 1560. The van der Waals surface area contributed by atoms with Gasteiger partial charge in [0.05, 0.1) is 30.6 Å². The highest BCUT2D eigenvalue weighted by Crippen LogP contribution is 2.45. The first-order valence-corrected chi connectivity index (χ1v) is 14.0. The smallest absolute Gasteiger partial charge is 0.229 e. The maximum Gasteiger partial charge on any atom is 0.229 e. The molecule has 212 valence electrons. The molecule has 1 aliphatic rings. The minimum Gasteiger partial charge on any atom is -0.494 e. The van der Waals surface area contributed by atoms with Crippen LogP contribution >= 0.6 is 12.2 Å². The minimum absolute atomic E-state index is 0.0864. The van der Waals surface area contributed by atoms with Crippen LogP contribution < -0.4 is 20.3 Å². The van der Waals surface area contributed by atoms with Crippen LogP contribution in [-0.4, -0.2) is 32.7 Å². The van der Waals surface area contributed by atoms with Gasteiger partial charge in [0.1, 0.15) is 5.75 Å². The monoisotopic (exact) mass is 568 g/mol. The van der Waals surface area contributed by atoms with Gasteiger partial charge in [-0.2, -0.15) is 0 Å². The largest absolute Gasteiger partial charge is 0.494 e. The number of ether oxygens (including phenoxy) is 1. The summed E-state index contributed by atoms with van der Waals surface area (Å²) in [6.07, 6.45) is 5.45. The van der Waals surface area contributed by atoms with Crippen molar-refractivity contribution in [1.29, 1.82) is 0 Å². The fourth-order valence-electron chi connectivity index (χ4n) is 5.23. The zero-order valence-corrected chi connectivity index (χ0v) is 25.1. The topological polar surface area (TPSA) is 84.3 Å². The molecule has 1 fully saturated rings. The Hall–Kier alpha value is -4.24. The van der Waals surface area contributed by atoms with Gasteiger partial charge in [-0.1, -0.05) is 26.8 Å². The fourth-order valence-corrected chi connectivity index (χ4v) is 5.58. The molecule has 0 bridgehead atoms. The zero-order valence-electron chi connectivity index (χ0n) is 24.3. The van der Waals surface area contributed by atoms with Gasteiger partial charge in [0.2, 0.25) is 5.91 Å². The second-order valence-electron chi connectivity index (χ2n) is 11.4. The molecule has 5 rings (SSSR count). The third-order valence-electron chi connectivity index (χ3n) is 7.51. The molecule has 2 N–H and O–H groups in total. The van der Waals surface area contributed by atoms with E-state index < -0.39 is 5.41 Å². The van der Waals surface area contributed by atoms with E-state index in [0.29, 0.717) is 16.5 Å². The molecule has 41 heavy (non-hydrogen) atoms. The molecule has 0 aliphatic carbocycles. The number of rotatable bonds is 7. The van der Waals surface area contributed by atoms with Gasteiger partial charge in [-0.3, -0.25) is 14.8 Å². The molecule has 4 aromatic rings. The lowest BCUT2D eigenvalue weighted by Gasteiger charge is -2.29. The zero-order chi connectivity index (χ0) is 29.3. The lowest BCUT2D eigenvalue weighted by atomic mass is 9.95. The van der Waals surface area contributed by atoms with E-state index >= 15 is 0 Å². The molecule has 4 heterocycles. The quantitative estimate of drug-likeness (QED) is 0.260. The number of carbonyl (C=O) groups is 1. The van der Waals surface area contributed by atoms with E-state index in [1.165, 1.54) is 5.56 Å². The molecule has 0 saturated carbocycles. The van der Waals surface area contributed by atoms with Gasteiger partial charge in [0.25, 0.3) is 0 Å². The first-order valence-electron chi connectivity index (χ1n) is 13.6. The van der Waals surface area contributed by atoms with Crippen LogP contribution in [0.25, 0.3) is 0 Å². The van der Waals surface area contributed by atoms with Crippen LogP contribution in [-0.2, 0) is 11.3 Å². The van der Waals surface area contributed by atoms with Crippen LogP contribution in [0.2, 0.25) is 0 Å². The highest BCUT2D eigenvalue weighted by Gasteiger charge is 2.42. The Morgan fingerprint density at radius 3 is 2.49 bits per heavy atom. The molecule has 1 amide bonds. The molecule has 0 spiro atoms. The fraction of sp³-hybridized carbons (Fsp3) is 0.312. The Balaban J connectivity index is 1.59. The van der Waals surface area contributed by atoms with Gasteiger partial charge < -0.3 is 24.8 Å². The number of carbonyl (C=O) groups excluding carboxylic acids is 1. The summed E-state index contributed by atoms with van der Waals surface area (Å²) in [7, 11) is 1.60. The second-order valence-corrected chi connectivity index (χ2v) is 11.7. The summed E-state index contributed by atoms with van der Waals surface area (Å²) in [6, 6.07) is 17.7. The Kier molecular flexibility index (Phi) is 7.82. The number of aromatic nitrogens is 3. The molecule has 3 aromatic heterocycles. The van der Waals surface area contributed by atoms with Gasteiger partial charge in [-0.05, 0) is 79.7 Å². The molecule has 9 heteroatoms. The van der Waals surface area contributed by atoms with Crippen molar-refractivity contribution in [1.82, 2.24) is 19.9 Å². The third kappa shape index (κ3) is 5.67. The summed E-state index contributed by atoms with van der Waals surface area (Å²) in [5.41, 5.74) is 6.49. The van der Waals surface area contributed by atoms with Crippen molar-refractivity contribution in [2.75, 3.05) is 17.3 Å². The molecule has 0 unspecified atom stereocenters. The van der Waals surface area contributed by atoms with Crippen molar-refractivity contribution < 1.29 is 9.53 Å². The second kappa shape index (κ2) is 11.3. The van der Waals surface area contributed by atoms with E-state index in [-0.39, 0.29) is 18.0 Å². The summed E-state index contributed by atoms with van der Waals surface area (Å²) in [5.74, 6) is 0.475. The van der Waals surface area contributed by atoms with E-state index in [0.717, 1.165) is 34.9 Å².